The highest BCUT2D eigenvalue weighted by molar-refractivity contribution is 6.08. The lowest BCUT2D eigenvalue weighted by Gasteiger charge is -2.04. The first kappa shape index (κ1) is 12.8. The summed E-state index contributed by atoms with van der Waals surface area (Å²) in [4.78, 5) is 23.0. The van der Waals surface area contributed by atoms with Crippen molar-refractivity contribution in [2.75, 3.05) is 7.11 Å². The quantitative estimate of drug-likeness (QED) is 0.481. The van der Waals surface area contributed by atoms with Crippen molar-refractivity contribution < 1.29 is 19.1 Å². The zero-order valence-electron chi connectivity index (χ0n) is 10.3. The van der Waals surface area contributed by atoms with Crippen LogP contribution in [0.5, 0.6) is 5.75 Å². The summed E-state index contributed by atoms with van der Waals surface area (Å²) in [6.45, 7) is 0. The van der Waals surface area contributed by atoms with Crippen molar-refractivity contribution in [2.24, 2.45) is 0 Å². The van der Waals surface area contributed by atoms with Gasteiger partial charge in [-0.2, -0.15) is 0 Å². The van der Waals surface area contributed by atoms with Gasteiger partial charge in [-0.15, -0.1) is 0 Å². The van der Waals surface area contributed by atoms with Crippen molar-refractivity contribution >= 4 is 11.9 Å². The molecule has 2 aromatic rings. The highest BCUT2D eigenvalue weighted by atomic mass is 16.7. The van der Waals surface area contributed by atoms with Gasteiger partial charge in [0, 0.05) is 11.1 Å². The minimum Gasteiger partial charge on any atom is -0.437 e. The Morgan fingerprint density at radius 2 is 1.42 bits per heavy atom. The normalized spacial score (nSPS) is 9.74. The van der Waals surface area contributed by atoms with E-state index in [2.05, 4.69) is 4.74 Å². The molecular weight excluding hydrogens is 244 g/mol. The summed E-state index contributed by atoms with van der Waals surface area (Å²) >= 11 is 0. The van der Waals surface area contributed by atoms with E-state index < -0.39 is 6.16 Å². The third-order valence-corrected chi connectivity index (χ3v) is 2.52. The van der Waals surface area contributed by atoms with Crippen molar-refractivity contribution in [3.63, 3.8) is 0 Å². The maximum Gasteiger partial charge on any atom is 0.513 e. The largest absolute Gasteiger partial charge is 0.513 e. The van der Waals surface area contributed by atoms with Crippen LogP contribution in [0.25, 0.3) is 0 Å². The molecule has 0 fully saturated rings. The molecule has 0 atom stereocenters. The van der Waals surface area contributed by atoms with Crippen LogP contribution in [0, 0.1) is 0 Å². The molecule has 0 saturated carbocycles. The Hall–Kier alpha value is -2.62. The van der Waals surface area contributed by atoms with E-state index in [0.29, 0.717) is 16.9 Å². The topological polar surface area (TPSA) is 52.6 Å². The Morgan fingerprint density at radius 3 is 2.00 bits per heavy atom. The predicted molar refractivity (Wildman–Crippen MR) is 69.3 cm³/mol. The minimum absolute atomic E-state index is 0.0785. The number of hydrogen-bond donors (Lipinski definition) is 0. The Kier molecular flexibility index (Phi) is 3.93. The molecule has 0 spiro atoms. The fourth-order valence-electron chi connectivity index (χ4n) is 1.57. The van der Waals surface area contributed by atoms with Crippen molar-refractivity contribution in [3.05, 3.63) is 65.7 Å². The lowest BCUT2D eigenvalue weighted by atomic mass is 10.0. The fourth-order valence-corrected chi connectivity index (χ4v) is 1.57. The maximum absolute atomic E-state index is 12.1. The summed E-state index contributed by atoms with van der Waals surface area (Å²) in [5, 5.41) is 0. The fraction of sp³-hybridized carbons (Fsp3) is 0.0667. The molecule has 0 aliphatic heterocycles. The molecule has 0 amide bonds. The van der Waals surface area contributed by atoms with Gasteiger partial charge in [0.15, 0.2) is 5.78 Å². The Balaban J connectivity index is 2.15. The first-order valence-electron chi connectivity index (χ1n) is 5.66. The smallest absolute Gasteiger partial charge is 0.437 e. The summed E-state index contributed by atoms with van der Waals surface area (Å²) in [7, 11) is 1.23. The van der Waals surface area contributed by atoms with Crippen molar-refractivity contribution in [2.45, 2.75) is 0 Å². The average molecular weight is 256 g/mol. The number of methoxy groups -OCH3 is 1. The van der Waals surface area contributed by atoms with E-state index in [1.807, 2.05) is 18.2 Å². The van der Waals surface area contributed by atoms with Gasteiger partial charge < -0.3 is 9.47 Å². The second-order valence-corrected chi connectivity index (χ2v) is 3.78. The molecule has 0 bridgehead atoms. The summed E-state index contributed by atoms with van der Waals surface area (Å²) in [6.07, 6.45) is -0.790. The van der Waals surface area contributed by atoms with Gasteiger partial charge in [0.05, 0.1) is 7.11 Å². The summed E-state index contributed by atoms with van der Waals surface area (Å²) in [6, 6.07) is 15.3. The zero-order chi connectivity index (χ0) is 13.7. The van der Waals surface area contributed by atoms with Crippen LogP contribution >= 0.6 is 0 Å². The molecule has 2 aromatic carbocycles. The van der Waals surface area contributed by atoms with Crippen LogP contribution in [0.2, 0.25) is 0 Å². The molecule has 96 valence electrons. The lowest BCUT2D eigenvalue weighted by Crippen LogP contribution is -2.07. The lowest BCUT2D eigenvalue weighted by molar-refractivity contribution is 0.103. The third kappa shape index (κ3) is 3.19. The number of rotatable bonds is 3. The Morgan fingerprint density at radius 1 is 0.842 bits per heavy atom. The molecule has 0 saturated heterocycles. The van der Waals surface area contributed by atoms with Gasteiger partial charge in [-0.25, -0.2) is 4.79 Å². The number of carbonyl (C=O) groups excluding carboxylic acids is 2. The van der Waals surface area contributed by atoms with Crippen LogP contribution in [-0.2, 0) is 4.74 Å². The molecule has 0 aromatic heterocycles. The van der Waals surface area contributed by atoms with Gasteiger partial charge in [0.2, 0.25) is 0 Å². The van der Waals surface area contributed by atoms with Gasteiger partial charge in [0.25, 0.3) is 0 Å². The van der Waals surface area contributed by atoms with Gasteiger partial charge in [-0.3, -0.25) is 4.79 Å². The number of ketones is 1. The number of benzene rings is 2. The predicted octanol–water partition coefficient (Wildman–Crippen LogP) is 3.06. The summed E-state index contributed by atoms with van der Waals surface area (Å²) in [5.41, 5.74) is 1.15. The van der Waals surface area contributed by atoms with E-state index in [4.69, 9.17) is 4.74 Å². The van der Waals surface area contributed by atoms with E-state index in [9.17, 15) is 9.59 Å². The second kappa shape index (κ2) is 5.82. The molecule has 0 aliphatic carbocycles. The second-order valence-electron chi connectivity index (χ2n) is 3.78. The van der Waals surface area contributed by atoms with Crippen molar-refractivity contribution in [1.82, 2.24) is 0 Å². The third-order valence-electron chi connectivity index (χ3n) is 2.52. The maximum atomic E-state index is 12.1. The molecule has 4 nitrogen and oxygen atoms in total. The van der Waals surface area contributed by atoms with Crippen LogP contribution in [-0.4, -0.2) is 19.0 Å². The molecule has 4 heteroatoms. The molecular formula is C15H12O4. The van der Waals surface area contributed by atoms with E-state index in [-0.39, 0.29) is 5.78 Å². The monoisotopic (exact) mass is 256 g/mol. The average Bonchev–Trinajstić information content (AvgIpc) is 2.48. The van der Waals surface area contributed by atoms with Crippen molar-refractivity contribution in [1.29, 1.82) is 0 Å². The standard InChI is InChI=1S/C15H12O4/c1-18-15(17)19-13-9-7-12(8-10-13)14(16)11-5-3-2-4-6-11/h2-10H,1H3. The first-order chi connectivity index (χ1) is 9.20. The van der Waals surface area contributed by atoms with Gasteiger partial charge in [0.1, 0.15) is 5.75 Å². The van der Waals surface area contributed by atoms with Crippen LogP contribution < -0.4 is 4.74 Å². The minimum atomic E-state index is -0.790. The molecule has 0 radical (unpaired) electrons. The van der Waals surface area contributed by atoms with Gasteiger partial charge >= 0.3 is 6.16 Å². The van der Waals surface area contributed by atoms with Crippen LogP contribution in [0.3, 0.4) is 0 Å². The zero-order valence-corrected chi connectivity index (χ0v) is 10.3. The Labute approximate surface area is 110 Å². The molecule has 2 rings (SSSR count). The van der Waals surface area contributed by atoms with E-state index in [1.54, 1.807) is 36.4 Å². The van der Waals surface area contributed by atoms with Crippen LogP contribution in [0.1, 0.15) is 15.9 Å². The Bertz CT molecular complexity index is 573. The SMILES string of the molecule is COC(=O)Oc1ccc(C(=O)c2ccccc2)cc1. The van der Waals surface area contributed by atoms with Gasteiger partial charge in [-0.1, -0.05) is 30.3 Å². The molecule has 0 heterocycles. The molecule has 0 unspecified atom stereocenters. The van der Waals surface area contributed by atoms with E-state index >= 15 is 0 Å². The summed E-state index contributed by atoms with van der Waals surface area (Å²) < 4.78 is 9.20. The summed E-state index contributed by atoms with van der Waals surface area (Å²) in [5.74, 6) is 0.252. The first-order valence-corrected chi connectivity index (χ1v) is 5.66. The number of ether oxygens (including phenoxy) is 2. The van der Waals surface area contributed by atoms with E-state index in [1.165, 1.54) is 7.11 Å². The number of hydrogen-bond acceptors (Lipinski definition) is 4. The highest BCUT2D eigenvalue weighted by Crippen LogP contribution is 2.15. The molecule has 0 aliphatic rings. The van der Waals surface area contributed by atoms with Gasteiger partial charge in [-0.05, 0) is 24.3 Å². The van der Waals surface area contributed by atoms with Crippen molar-refractivity contribution in [3.8, 4) is 5.75 Å². The molecule has 19 heavy (non-hydrogen) atoms. The van der Waals surface area contributed by atoms with E-state index in [0.717, 1.165) is 0 Å². The van der Waals surface area contributed by atoms with Crippen LogP contribution in [0.15, 0.2) is 54.6 Å². The number of carbonyl (C=O) groups is 2. The molecule has 0 N–H and O–H groups in total. The highest BCUT2D eigenvalue weighted by Gasteiger charge is 2.09. The van der Waals surface area contributed by atoms with Crippen LogP contribution in [0.4, 0.5) is 4.79 Å².